The first-order chi connectivity index (χ1) is 19.1. The Morgan fingerprint density at radius 3 is 2.50 bits per heavy atom. The number of amides is 2. The summed E-state index contributed by atoms with van der Waals surface area (Å²) in [5.74, 6) is -1.69. The molecule has 1 N–H and O–H groups in total. The number of carbonyl (C=O) groups is 1. The van der Waals surface area contributed by atoms with Crippen LogP contribution >= 0.6 is 11.6 Å². The van der Waals surface area contributed by atoms with Gasteiger partial charge in [-0.15, -0.1) is 0 Å². The number of aromatic nitrogens is 1. The van der Waals surface area contributed by atoms with Crippen molar-refractivity contribution in [2.75, 3.05) is 31.1 Å². The normalized spacial score (nSPS) is 16.5. The highest BCUT2D eigenvalue weighted by atomic mass is 35.5. The van der Waals surface area contributed by atoms with Gasteiger partial charge in [0.1, 0.15) is 5.82 Å². The minimum atomic E-state index is -4.79. The molecule has 3 aromatic rings. The average Bonchev–Trinajstić information content (AvgIpc) is 3.22. The SMILES string of the molecule is O=C(N(CC=Cc1ccc(Cl)cc1)Cc1ccnc(F)c1)N1CC2(CCNCC2)c2c(F)cc(C(F)(F)F)cc21. The van der Waals surface area contributed by atoms with Gasteiger partial charge in [-0.25, -0.2) is 14.2 Å². The van der Waals surface area contributed by atoms with Crippen molar-refractivity contribution in [1.82, 2.24) is 15.2 Å². The molecule has 0 radical (unpaired) electrons. The van der Waals surface area contributed by atoms with Crippen molar-refractivity contribution >= 4 is 29.4 Å². The Hall–Kier alpha value is -3.50. The van der Waals surface area contributed by atoms with Gasteiger partial charge in [0.2, 0.25) is 5.95 Å². The molecule has 40 heavy (non-hydrogen) atoms. The summed E-state index contributed by atoms with van der Waals surface area (Å²) in [6.07, 6.45) is 0.928. The molecule has 1 saturated heterocycles. The maximum absolute atomic E-state index is 15.4. The third-order valence-electron chi connectivity index (χ3n) is 7.41. The first-order valence-corrected chi connectivity index (χ1v) is 13.1. The van der Waals surface area contributed by atoms with E-state index in [9.17, 15) is 22.4 Å². The third-order valence-corrected chi connectivity index (χ3v) is 7.66. The minimum absolute atomic E-state index is 0.0366. The predicted molar refractivity (Wildman–Crippen MR) is 143 cm³/mol. The largest absolute Gasteiger partial charge is 0.416 e. The maximum Gasteiger partial charge on any atom is 0.416 e. The van der Waals surface area contributed by atoms with Crippen LogP contribution in [0.25, 0.3) is 6.08 Å². The second-order valence-corrected chi connectivity index (χ2v) is 10.5. The smallest absolute Gasteiger partial charge is 0.317 e. The van der Waals surface area contributed by atoms with Gasteiger partial charge >= 0.3 is 12.2 Å². The van der Waals surface area contributed by atoms with E-state index >= 15 is 4.39 Å². The monoisotopic (exact) mass is 576 g/mol. The Bertz CT molecular complexity index is 1420. The van der Waals surface area contributed by atoms with E-state index in [1.54, 1.807) is 42.5 Å². The topological polar surface area (TPSA) is 48.5 Å². The predicted octanol–water partition coefficient (Wildman–Crippen LogP) is 6.81. The summed E-state index contributed by atoms with van der Waals surface area (Å²) in [7, 11) is 0. The number of halogens is 6. The number of fused-ring (bicyclic) bond motifs is 2. The van der Waals surface area contributed by atoms with Crippen molar-refractivity contribution in [3.05, 3.63) is 99.8 Å². The molecule has 0 atom stereocenters. The van der Waals surface area contributed by atoms with Crippen LogP contribution < -0.4 is 10.2 Å². The molecule has 2 aliphatic heterocycles. The van der Waals surface area contributed by atoms with E-state index in [1.807, 2.05) is 0 Å². The summed E-state index contributed by atoms with van der Waals surface area (Å²) >= 11 is 5.95. The number of rotatable bonds is 5. The standard InChI is InChI=1S/C29H26ClF5N4O/c30-22-5-3-19(4-6-22)2-1-13-38(17-20-7-10-37-25(32)14-20)27(40)39-18-28(8-11-36-12-9-28)26-23(31)15-21(16-24(26)39)29(33,34)35/h1-7,10,14-16,36H,8-9,11-13,17-18H2. The number of benzene rings is 2. The Morgan fingerprint density at radius 2 is 1.82 bits per heavy atom. The zero-order valence-corrected chi connectivity index (χ0v) is 22.1. The highest BCUT2D eigenvalue weighted by Crippen LogP contribution is 2.49. The molecule has 0 aliphatic carbocycles. The fraction of sp³-hybridized carbons (Fsp3) is 0.310. The molecular formula is C29H26ClF5N4O. The molecule has 2 amide bonds. The number of nitrogens with one attached hydrogen (secondary N) is 1. The molecule has 11 heteroatoms. The van der Waals surface area contributed by atoms with E-state index in [1.165, 1.54) is 22.1 Å². The molecule has 5 nitrogen and oxygen atoms in total. The Morgan fingerprint density at radius 1 is 1.10 bits per heavy atom. The number of carbonyl (C=O) groups excluding carboxylic acids is 1. The molecular weight excluding hydrogens is 551 g/mol. The molecule has 210 valence electrons. The quantitative estimate of drug-likeness (QED) is 0.268. The molecule has 2 aliphatic rings. The van der Waals surface area contributed by atoms with Crippen molar-refractivity contribution in [2.24, 2.45) is 0 Å². The van der Waals surface area contributed by atoms with Crippen LogP contribution in [0.3, 0.4) is 0 Å². The summed E-state index contributed by atoms with van der Waals surface area (Å²) in [4.78, 5) is 20.2. The Labute approximate surface area is 233 Å². The zero-order valence-electron chi connectivity index (χ0n) is 21.3. The highest BCUT2D eigenvalue weighted by Gasteiger charge is 2.49. The van der Waals surface area contributed by atoms with Gasteiger partial charge in [0.25, 0.3) is 0 Å². The van der Waals surface area contributed by atoms with E-state index < -0.39 is 35.0 Å². The zero-order chi connectivity index (χ0) is 28.5. The first-order valence-electron chi connectivity index (χ1n) is 12.8. The fourth-order valence-electron chi connectivity index (χ4n) is 5.48. The van der Waals surface area contributed by atoms with Crippen LogP contribution in [0.2, 0.25) is 5.02 Å². The van der Waals surface area contributed by atoms with Crippen LogP contribution in [0.15, 0.2) is 60.8 Å². The van der Waals surface area contributed by atoms with Crippen LogP contribution in [-0.4, -0.2) is 42.1 Å². The number of hydrogen-bond acceptors (Lipinski definition) is 3. The lowest BCUT2D eigenvalue weighted by molar-refractivity contribution is -0.137. The molecule has 0 saturated carbocycles. The number of hydrogen-bond donors (Lipinski definition) is 1. The van der Waals surface area contributed by atoms with Crippen molar-refractivity contribution in [2.45, 2.75) is 31.0 Å². The summed E-state index contributed by atoms with van der Waals surface area (Å²) in [5, 5.41) is 3.77. The summed E-state index contributed by atoms with van der Waals surface area (Å²) in [6, 6.07) is 10.5. The van der Waals surface area contributed by atoms with Crippen molar-refractivity contribution < 1.29 is 26.7 Å². The average molecular weight is 577 g/mol. The minimum Gasteiger partial charge on any atom is -0.317 e. The second-order valence-electron chi connectivity index (χ2n) is 10.1. The van der Waals surface area contributed by atoms with Gasteiger partial charge in [-0.1, -0.05) is 35.9 Å². The van der Waals surface area contributed by atoms with Crippen molar-refractivity contribution in [3.63, 3.8) is 0 Å². The van der Waals surface area contributed by atoms with Crippen molar-refractivity contribution in [1.29, 1.82) is 0 Å². The number of pyridine rings is 1. The lowest BCUT2D eigenvalue weighted by Crippen LogP contribution is -2.48. The molecule has 1 spiro atoms. The lowest BCUT2D eigenvalue weighted by atomic mass is 9.74. The van der Waals surface area contributed by atoms with E-state index in [-0.39, 0.29) is 30.9 Å². The van der Waals surface area contributed by atoms with E-state index in [0.717, 1.165) is 11.6 Å². The van der Waals surface area contributed by atoms with Crippen LogP contribution in [-0.2, 0) is 18.1 Å². The maximum atomic E-state index is 15.4. The van der Waals surface area contributed by atoms with Gasteiger partial charge in [0.05, 0.1) is 11.3 Å². The molecule has 2 aromatic carbocycles. The molecule has 0 bridgehead atoms. The number of piperidine rings is 1. The second kappa shape index (κ2) is 11.2. The van der Waals surface area contributed by atoms with Crippen molar-refractivity contribution in [3.8, 4) is 0 Å². The third kappa shape index (κ3) is 5.83. The molecule has 5 rings (SSSR count). The van der Waals surface area contributed by atoms with E-state index in [2.05, 4.69) is 10.3 Å². The van der Waals surface area contributed by atoms with Gasteiger partial charge in [-0.3, -0.25) is 4.90 Å². The van der Waals surface area contributed by atoms with Gasteiger partial charge in [-0.2, -0.15) is 17.6 Å². The Kier molecular flexibility index (Phi) is 7.83. The molecule has 1 fully saturated rings. The number of urea groups is 1. The van der Waals surface area contributed by atoms with E-state index in [0.29, 0.717) is 42.6 Å². The van der Waals surface area contributed by atoms with Crippen LogP contribution in [0, 0.1) is 11.8 Å². The van der Waals surface area contributed by atoms with Crippen LogP contribution in [0.1, 0.15) is 35.1 Å². The molecule has 0 unspecified atom stereocenters. The number of nitrogens with zero attached hydrogens (tertiary/aromatic N) is 3. The van der Waals surface area contributed by atoms with Gasteiger partial charge in [0.15, 0.2) is 0 Å². The van der Waals surface area contributed by atoms with Gasteiger partial charge < -0.3 is 10.2 Å². The highest BCUT2D eigenvalue weighted by molar-refractivity contribution is 6.30. The first kappa shape index (κ1) is 28.0. The Balaban J connectivity index is 1.52. The molecule has 3 heterocycles. The van der Waals surface area contributed by atoms with E-state index in [4.69, 9.17) is 11.6 Å². The summed E-state index contributed by atoms with van der Waals surface area (Å²) < 4.78 is 70.3. The van der Waals surface area contributed by atoms with Gasteiger partial charge in [0, 0.05) is 41.8 Å². The number of alkyl halides is 3. The van der Waals surface area contributed by atoms with Gasteiger partial charge in [-0.05, 0) is 73.5 Å². The number of anilines is 1. The summed E-state index contributed by atoms with van der Waals surface area (Å²) in [6.45, 7) is 1.17. The lowest BCUT2D eigenvalue weighted by Gasteiger charge is -2.35. The fourth-order valence-corrected chi connectivity index (χ4v) is 5.60. The molecule has 1 aromatic heterocycles. The van der Waals surface area contributed by atoms with Crippen LogP contribution in [0.5, 0.6) is 0 Å². The summed E-state index contributed by atoms with van der Waals surface area (Å²) in [5.41, 5.74) is -0.625. The van der Waals surface area contributed by atoms with Crippen LogP contribution in [0.4, 0.5) is 32.4 Å².